The summed E-state index contributed by atoms with van der Waals surface area (Å²) in [4.78, 5) is 10.8. The second-order valence-corrected chi connectivity index (χ2v) is 2.48. The Hall–Kier alpha value is -0.770. The summed E-state index contributed by atoms with van der Waals surface area (Å²) in [6.45, 7) is 4.46. The Morgan fingerprint density at radius 2 is 2.17 bits per heavy atom. The summed E-state index contributed by atoms with van der Waals surface area (Å²) < 4.78 is 14.3. The smallest absolute Gasteiger partial charge is 0.434 e. The Morgan fingerprint density at radius 1 is 1.50 bits per heavy atom. The molecule has 0 aromatic rings. The van der Waals surface area contributed by atoms with Crippen LogP contribution in [-0.4, -0.2) is 32.6 Å². The lowest BCUT2D eigenvalue weighted by Crippen LogP contribution is -2.20. The van der Waals surface area contributed by atoms with Crippen LogP contribution < -0.4 is 0 Å². The Labute approximate surface area is 72.8 Å². The molecule has 0 radical (unpaired) electrons. The molecule has 0 heterocycles. The van der Waals surface area contributed by atoms with Gasteiger partial charge in [-0.1, -0.05) is 6.92 Å². The van der Waals surface area contributed by atoms with E-state index in [4.69, 9.17) is 14.2 Å². The van der Waals surface area contributed by atoms with Crippen LogP contribution >= 0.6 is 0 Å². The van der Waals surface area contributed by atoms with E-state index >= 15 is 0 Å². The standard InChI is InChI=1S/C8H16O4/c1-4-5-11-8(9)12-7(2)6-10-3/h7H,4-6H2,1-3H3. The van der Waals surface area contributed by atoms with Crippen LogP contribution in [0.2, 0.25) is 0 Å². The summed E-state index contributed by atoms with van der Waals surface area (Å²) in [6.07, 6.45) is -0.0749. The molecule has 72 valence electrons. The third kappa shape index (κ3) is 5.97. The molecule has 0 aliphatic carbocycles. The zero-order chi connectivity index (χ0) is 9.40. The Bertz CT molecular complexity index is 124. The van der Waals surface area contributed by atoms with Crippen molar-refractivity contribution in [3.8, 4) is 0 Å². The highest BCUT2D eigenvalue weighted by atomic mass is 16.7. The van der Waals surface area contributed by atoms with E-state index in [9.17, 15) is 4.79 Å². The summed E-state index contributed by atoms with van der Waals surface area (Å²) in [7, 11) is 1.55. The van der Waals surface area contributed by atoms with Crippen LogP contribution in [0.25, 0.3) is 0 Å². The predicted octanol–water partition coefficient (Wildman–Crippen LogP) is 1.58. The van der Waals surface area contributed by atoms with Crippen LogP contribution in [0.1, 0.15) is 20.3 Å². The molecule has 0 fully saturated rings. The van der Waals surface area contributed by atoms with Gasteiger partial charge in [-0.15, -0.1) is 0 Å². The fraction of sp³-hybridized carbons (Fsp3) is 0.875. The van der Waals surface area contributed by atoms with Gasteiger partial charge in [0.25, 0.3) is 0 Å². The van der Waals surface area contributed by atoms with Crippen LogP contribution in [-0.2, 0) is 14.2 Å². The maximum atomic E-state index is 10.8. The molecule has 0 bridgehead atoms. The first kappa shape index (κ1) is 11.2. The summed E-state index contributed by atoms with van der Waals surface area (Å²) in [6, 6.07) is 0. The average molecular weight is 176 g/mol. The minimum absolute atomic E-state index is 0.251. The number of hydrogen-bond donors (Lipinski definition) is 0. The summed E-state index contributed by atoms with van der Waals surface area (Å²) in [5.41, 5.74) is 0. The van der Waals surface area contributed by atoms with E-state index in [2.05, 4.69) is 0 Å². The quantitative estimate of drug-likeness (QED) is 0.596. The monoisotopic (exact) mass is 176 g/mol. The normalized spacial score (nSPS) is 12.2. The molecular weight excluding hydrogens is 160 g/mol. The number of rotatable bonds is 5. The lowest BCUT2D eigenvalue weighted by atomic mass is 10.4. The van der Waals surface area contributed by atoms with E-state index in [1.807, 2.05) is 6.92 Å². The maximum absolute atomic E-state index is 10.8. The Morgan fingerprint density at radius 3 is 2.67 bits per heavy atom. The molecule has 0 aliphatic rings. The molecule has 0 aliphatic heterocycles. The van der Waals surface area contributed by atoms with Crippen LogP contribution in [0.15, 0.2) is 0 Å². The van der Waals surface area contributed by atoms with Gasteiger partial charge in [-0.3, -0.25) is 0 Å². The van der Waals surface area contributed by atoms with E-state index in [0.717, 1.165) is 6.42 Å². The fourth-order valence-electron chi connectivity index (χ4n) is 0.652. The van der Waals surface area contributed by atoms with Crippen molar-refractivity contribution >= 4 is 6.16 Å². The molecule has 1 unspecified atom stereocenters. The molecule has 4 nitrogen and oxygen atoms in total. The van der Waals surface area contributed by atoms with Gasteiger partial charge in [0.2, 0.25) is 0 Å². The number of methoxy groups -OCH3 is 1. The highest BCUT2D eigenvalue weighted by Crippen LogP contribution is 1.95. The molecule has 0 aromatic heterocycles. The highest BCUT2D eigenvalue weighted by molar-refractivity contribution is 5.60. The molecule has 0 aromatic carbocycles. The molecule has 0 spiro atoms. The largest absolute Gasteiger partial charge is 0.508 e. The molecule has 4 heteroatoms. The highest BCUT2D eigenvalue weighted by Gasteiger charge is 2.08. The van der Waals surface area contributed by atoms with Crippen LogP contribution in [0.4, 0.5) is 4.79 Å². The number of carbonyl (C=O) groups excluding carboxylic acids is 1. The number of hydrogen-bond acceptors (Lipinski definition) is 4. The average Bonchev–Trinajstić information content (AvgIpc) is 2.01. The first-order chi connectivity index (χ1) is 5.70. The van der Waals surface area contributed by atoms with Crippen molar-refractivity contribution in [1.29, 1.82) is 0 Å². The molecule has 0 N–H and O–H groups in total. The zero-order valence-corrected chi connectivity index (χ0v) is 7.83. The third-order valence-corrected chi connectivity index (χ3v) is 1.12. The van der Waals surface area contributed by atoms with E-state index < -0.39 is 6.16 Å². The van der Waals surface area contributed by atoms with Gasteiger partial charge in [0.05, 0.1) is 13.2 Å². The van der Waals surface area contributed by atoms with Gasteiger partial charge in [0, 0.05) is 7.11 Å². The predicted molar refractivity (Wildman–Crippen MR) is 44.1 cm³/mol. The van der Waals surface area contributed by atoms with Gasteiger partial charge in [0.1, 0.15) is 6.10 Å². The molecule has 0 amide bonds. The van der Waals surface area contributed by atoms with Gasteiger partial charge < -0.3 is 14.2 Å². The van der Waals surface area contributed by atoms with Crippen LogP contribution in [0.3, 0.4) is 0 Å². The van der Waals surface area contributed by atoms with Crippen molar-refractivity contribution in [2.75, 3.05) is 20.3 Å². The van der Waals surface area contributed by atoms with Gasteiger partial charge in [-0.05, 0) is 13.3 Å². The van der Waals surface area contributed by atoms with Crippen molar-refractivity contribution in [2.45, 2.75) is 26.4 Å². The van der Waals surface area contributed by atoms with E-state index in [-0.39, 0.29) is 6.10 Å². The lowest BCUT2D eigenvalue weighted by Gasteiger charge is -2.11. The molecule has 0 rings (SSSR count). The minimum atomic E-state index is -0.624. The Balaban J connectivity index is 3.40. The lowest BCUT2D eigenvalue weighted by molar-refractivity contribution is 0.00126. The van der Waals surface area contributed by atoms with E-state index in [1.54, 1.807) is 14.0 Å². The number of carbonyl (C=O) groups is 1. The van der Waals surface area contributed by atoms with Crippen molar-refractivity contribution < 1.29 is 19.0 Å². The number of ether oxygens (including phenoxy) is 3. The summed E-state index contributed by atoms with van der Waals surface area (Å²) in [5.74, 6) is 0. The molecule has 0 saturated heterocycles. The van der Waals surface area contributed by atoms with Crippen LogP contribution in [0.5, 0.6) is 0 Å². The summed E-state index contributed by atoms with van der Waals surface area (Å²) >= 11 is 0. The van der Waals surface area contributed by atoms with Gasteiger partial charge in [-0.2, -0.15) is 0 Å². The van der Waals surface area contributed by atoms with Gasteiger partial charge >= 0.3 is 6.16 Å². The molecule has 12 heavy (non-hydrogen) atoms. The van der Waals surface area contributed by atoms with Crippen molar-refractivity contribution in [1.82, 2.24) is 0 Å². The summed E-state index contributed by atoms with van der Waals surface area (Å²) in [5, 5.41) is 0. The second-order valence-electron chi connectivity index (χ2n) is 2.48. The first-order valence-corrected chi connectivity index (χ1v) is 4.03. The van der Waals surface area contributed by atoms with E-state index in [0.29, 0.717) is 13.2 Å². The van der Waals surface area contributed by atoms with Crippen molar-refractivity contribution in [3.63, 3.8) is 0 Å². The SMILES string of the molecule is CCCOC(=O)OC(C)COC. The second kappa shape index (κ2) is 6.91. The van der Waals surface area contributed by atoms with Crippen molar-refractivity contribution in [3.05, 3.63) is 0 Å². The topological polar surface area (TPSA) is 44.8 Å². The molecular formula is C8H16O4. The maximum Gasteiger partial charge on any atom is 0.508 e. The Kier molecular flexibility index (Phi) is 6.47. The first-order valence-electron chi connectivity index (χ1n) is 4.03. The van der Waals surface area contributed by atoms with Crippen LogP contribution in [0, 0.1) is 0 Å². The van der Waals surface area contributed by atoms with Gasteiger partial charge in [-0.25, -0.2) is 4.79 Å². The fourth-order valence-corrected chi connectivity index (χ4v) is 0.652. The molecule has 0 saturated carbocycles. The van der Waals surface area contributed by atoms with Crippen molar-refractivity contribution in [2.24, 2.45) is 0 Å². The third-order valence-electron chi connectivity index (χ3n) is 1.12. The zero-order valence-electron chi connectivity index (χ0n) is 7.83. The van der Waals surface area contributed by atoms with Gasteiger partial charge in [0.15, 0.2) is 0 Å². The van der Waals surface area contributed by atoms with E-state index in [1.165, 1.54) is 0 Å². The minimum Gasteiger partial charge on any atom is -0.434 e. The molecule has 1 atom stereocenters.